The van der Waals surface area contributed by atoms with Crippen LogP contribution in [-0.2, 0) is 16.0 Å². The molecular formula is C17H21Cl2N3O2. The molecule has 1 aromatic carbocycles. The molecule has 0 atom stereocenters. The van der Waals surface area contributed by atoms with Crippen molar-refractivity contribution in [1.29, 1.82) is 5.26 Å². The van der Waals surface area contributed by atoms with Gasteiger partial charge in [0, 0.05) is 32.7 Å². The highest BCUT2D eigenvalue weighted by Crippen LogP contribution is 2.23. The van der Waals surface area contributed by atoms with Gasteiger partial charge in [0.1, 0.15) is 0 Å². The highest BCUT2D eigenvalue weighted by Gasteiger charge is 2.17. The van der Waals surface area contributed by atoms with Crippen LogP contribution in [0.15, 0.2) is 18.2 Å². The van der Waals surface area contributed by atoms with Crippen LogP contribution in [0.3, 0.4) is 0 Å². The summed E-state index contributed by atoms with van der Waals surface area (Å²) in [4.78, 5) is 16.6. The van der Waals surface area contributed by atoms with Gasteiger partial charge >= 0.3 is 0 Å². The second-order valence-corrected chi connectivity index (χ2v) is 6.48. The number of carbonyl (C=O) groups excluding carboxylic acids is 1. The quantitative estimate of drug-likeness (QED) is 0.741. The van der Waals surface area contributed by atoms with Gasteiger partial charge in [-0.15, -0.1) is 0 Å². The van der Waals surface area contributed by atoms with E-state index in [0.29, 0.717) is 29.6 Å². The third kappa shape index (κ3) is 5.95. The van der Waals surface area contributed by atoms with Crippen LogP contribution >= 0.6 is 23.2 Å². The summed E-state index contributed by atoms with van der Waals surface area (Å²) in [5.41, 5.74) is 0.822. The van der Waals surface area contributed by atoms with E-state index in [4.69, 9.17) is 33.2 Å². The first kappa shape index (κ1) is 19.0. The Morgan fingerprint density at radius 1 is 1.25 bits per heavy atom. The molecule has 0 spiro atoms. The Labute approximate surface area is 152 Å². The fourth-order valence-corrected chi connectivity index (χ4v) is 2.89. The number of rotatable bonds is 7. The lowest BCUT2D eigenvalue weighted by atomic mass is 10.1. The summed E-state index contributed by atoms with van der Waals surface area (Å²) in [5.74, 6) is -0.00287. The largest absolute Gasteiger partial charge is 0.379 e. The van der Waals surface area contributed by atoms with Crippen LogP contribution in [0, 0.1) is 11.3 Å². The number of hydrogen-bond acceptors (Lipinski definition) is 4. The molecule has 2 rings (SSSR count). The average molecular weight is 370 g/mol. The molecule has 1 heterocycles. The Hall–Kier alpha value is -1.32. The van der Waals surface area contributed by atoms with Crippen LogP contribution in [-0.4, -0.2) is 61.6 Å². The number of amides is 1. The zero-order valence-electron chi connectivity index (χ0n) is 13.5. The molecular weight excluding hydrogens is 349 g/mol. The van der Waals surface area contributed by atoms with Gasteiger partial charge in [-0.05, 0) is 17.7 Å². The number of carbonyl (C=O) groups is 1. The molecule has 130 valence electrons. The molecule has 0 aromatic heterocycles. The number of ether oxygens (including phenoxy) is 1. The molecule has 0 saturated carbocycles. The van der Waals surface area contributed by atoms with Crippen molar-refractivity contribution in [3.8, 4) is 6.07 Å². The first-order valence-electron chi connectivity index (χ1n) is 7.99. The van der Waals surface area contributed by atoms with Crippen molar-refractivity contribution >= 4 is 29.1 Å². The zero-order valence-corrected chi connectivity index (χ0v) is 15.0. The van der Waals surface area contributed by atoms with Crippen molar-refractivity contribution < 1.29 is 9.53 Å². The molecule has 1 fully saturated rings. The van der Waals surface area contributed by atoms with E-state index in [1.807, 2.05) is 0 Å². The lowest BCUT2D eigenvalue weighted by Gasteiger charge is -2.30. The van der Waals surface area contributed by atoms with Crippen LogP contribution in [0.4, 0.5) is 0 Å². The van der Waals surface area contributed by atoms with Crippen molar-refractivity contribution in [2.45, 2.75) is 12.8 Å². The second kappa shape index (κ2) is 9.85. The number of benzene rings is 1. The van der Waals surface area contributed by atoms with Crippen molar-refractivity contribution in [1.82, 2.24) is 9.80 Å². The van der Waals surface area contributed by atoms with E-state index < -0.39 is 0 Å². The van der Waals surface area contributed by atoms with Crippen LogP contribution in [0.25, 0.3) is 0 Å². The molecule has 0 unspecified atom stereocenters. The van der Waals surface area contributed by atoms with Gasteiger partial charge in [-0.25, -0.2) is 0 Å². The van der Waals surface area contributed by atoms with E-state index in [1.54, 1.807) is 23.1 Å². The number of halogens is 2. The van der Waals surface area contributed by atoms with Gasteiger partial charge in [0.05, 0.1) is 42.2 Å². The Morgan fingerprint density at radius 2 is 2.00 bits per heavy atom. The maximum absolute atomic E-state index is 12.6. The second-order valence-electron chi connectivity index (χ2n) is 5.67. The summed E-state index contributed by atoms with van der Waals surface area (Å²) in [6.45, 7) is 5.08. The summed E-state index contributed by atoms with van der Waals surface area (Å²) in [7, 11) is 0. The first-order valence-corrected chi connectivity index (χ1v) is 8.74. The molecule has 0 aliphatic carbocycles. The lowest BCUT2D eigenvalue weighted by Crippen LogP contribution is -2.43. The summed E-state index contributed by atoms with van der Waals surface area (Å²) >= 11 is 11.9. The molecule has 7 heteroatoms. The van der Waals surface area contributed by atoms with Crippen LogP contribution < -0.4 is 0 Å². The predicted octanol–water partition coefficient (Wildman–Crippen LogP) is 2.61. The summed E-state index contributed by atoms with van der Waals surface area (Å²) in [5, 5.41) is 9.74. The van der Waals surface area contributed by atoms with Gasteiger partial charge in [0.25, 0.3) is 0 Å². The van der Waals surface area contributed by atoms with Crippen molar-refractivity contribution in [3.05, 3.63) is 33.8 Å². The van der Waals surface area contributed by atoms with Crippen molar-refractivity contribution in [2.24, 2.45) is 0 Å². The van der Waals surface area contributed by atoms with Gasteiger partial charge in [-0.2, -0.15) is 5.26 Å². The van der Waals surface area contributed by atoms with Gasteiger partial charge in [0.2, 0.25) is 5.91 Å². The molecule has 1 aliphatic heterocycles. The zero-order chi connectivity index (χ0) is 17.4. The Bertz CT molecular complexity index is 598. The van der Waals surface area contributed by atoms with Gasteiger partial charge in [-0.1, -0.05) is 29.3 Å². The number of morpholine rings is 1. The normalized spacial score (nSPS) is 15.0. The van der Waals surface area contributed by atoms with Gasteiger partial charge < -0.3 is 9.64 Å². The van der Waals surface area contributed by atoms with E-state index in [0.717, 1.165) is 38.4 Å². The van der Waals surface area contributed by atoms with E-state index in [2.05, 4.69) is 11.0 Å². The van der Waals surface area contributed by atoms with Gasteiger partial charge in [0.15, 0.2) is 0 Å². The van der Waals surface area contributed by atoms with Gasteiger partial charge in [-0.3, -0.25) is 9.69 Å². The van der Waals surface area contributed by atoms with Crippen LogP contribution in [0.2, 0.25) is 10.0 Å². The fraction of sp³-hybridized carbons (Fsp3) is 0.529. The molecule has 24 heavy (non-hydrogen) atoms. The summed E-state index contributed by atoms with van der Waals surface area (Å²) in [6, 6.07) is 7.32. The minimum Gasteiger partial charge on any atom is -0.379 e. The highest BCUT2D eigenvalue weighted by molar-refractivity contribution is 6.42. The van der Waals surface area contributed by atoms with Crippen LogP contribution in [0.5, 0.6) is 0 Å². The lowest BCUT2D eigenvalue weighted by molar-refractivity contribution is -0.130. The molecule has 0 radical (unpaired) electrons. The average Bonchev–Trinajstić information content (AvgIpc) is 2.59. The molecule has 1 aliphatic rings. The molecule has 0 bridgehead atoms. The number of hydrogen-bond donors (Lipinski definition) is 0. The molecule has 5 nitrogen and oxygen atoms in total. The SMILES string of the molecule is N#CCCN(CCN1CCOCC1)C(=O)Cc1ccc(Cl)c(Cl)c1. The molecule has 0 N–H and O–H groups in total. The number of nitrogens with zero attached hydrogens (tertiary/aromatic N) is 3. The van der Waals surface area contributed by atoms with Crippen molar-refractivity contribution in [3.63, 3.8) is 0 Å². The minimum atomic E-state index is -0.00287. The van der Waals surface area contributed by atoms with E-state index >= 15 is 0 Å². The van der Waals surface area contributed by atoms with Crippen LogP contribution in [0.1, 0.15) is 12.0 Å². The summed E-state index contributed by atoms with van der Waals surface area (Å²) < 4.78 is 5.33. The predicted molar refractivity (Wildman–Crippen MR) is 94.2 cm³/mol. The third-order valence-electron chi connectivity index (χ3n) is 3.98. The van der Waals surface area contributed by atoms with E-state index in [1.165, 1.54) is 0 Å². The molecule has 1 amide bonds. The Morgan fingerprint density at radius 3 is 2.67 bits per heavy atom. The maximum Gasteiger partial charge on any atom is 0.227 e. The summed E-state index contributed by atoms with van der Waals surface area (Å²) in [6.07, 6.45) is 0.585. The molecule has 1 aromatic rings. The Balaban J connectivity index is 1.93. The smallest absolute Gasteiger partial charge is 0.227 e. The number of nitriles is 1. The highest BCUT2D eigenvalue weighted by atomic mass is 35.5. The van der Waals surface area contributed by atoms with E-state index in [9.17, 15) is 4.79 Å². The first-order chi connectivity index (χ1) is 11.6. The fourth-order valence-electron chi connectivity index (χ4n) is 2.57. The monoisotopic (exact) mass is 369 g/mol. The van der Waals surface area contributed by atoms with E-state index in [-0.39, 0.29) is 12.3 Å². The maximum atomic E-state index is 12.6. The topological polar surface area (TPSA) is 56.6 Å². The molecule has 1 saturated heterocycles. The minimum absolute atomic E-state index is 0.00287. The Kier molecular flexibility index (Phi) is 7.80. The standard InChI is InChI=1S/C17H21Cl2N3O2/c18-15-3-2-14(12-16(15)19)13-17(23)22(5-1-4-20)7-6-21-8-10-24-11-9-21/h2-3,12H,1,5-11,13H2. The third-order valence-corrected chi connectivity index (χ3v) is 4.71. The van der Waals surface area contributed by atoms with Crippen molar-refractivity contribution in [2.75, 3.05) is 45.9 Å².